The Morgan fingerprint density at radius 1 is 1.50 bits per heavy atom. The molecule has 3 nitrogen and oxygen atoms in total. The largest absolute Gasteiger partial charge is 0.381 e. The average Bonchev–Trinajstić information content (AvgIpc) is 2.67. The summed E-state index contributed by atoms with van der Waals surface area (Å²) in [7, 11) is 0. The highest BCUT2D eigenvalue weighted by molar-refractivity contribution is 7.14. The summed E-state index contributed by atoms with van der Waals surface area (Å²) >= 11 is 1.58. The van der Waals surface area contributed by atoms with E-state index >= 15 is 0 Å². The van der Waals surface area contributed by atoms with Crippen molar-refractivity contribution in [1.29, 1.82) is 0 Å². The van der Waals surface area contributed by atoms with Crippen molar-refractivity contribution in [3.05, 3.63) is 17.0 Å². The molecule has 0 atom stereocenters. The number of anilines is 1. The van der Waals surface area contributed by atoms with Crippen molar-refractivity contribution in [3.63, 3.8) is 0 Å². The second-order valence-corrected chi connectivity index (χ2v) is 4.27. The molecule has 1 fully saturated rings. The number of aldehydes is 1. The van der Waals surface area contributed by atoms with Crippen molar-refractivity contribution in [3.8, 4) is 0 Å². The first-order valence-corrected chi connectivity index (χ1v) is 5.65. The molecule has 14 heavy (non-hydrogen) atoms. The summed E-state index contributed by atoms with van der Waals surface area (Å²) in [6.07, 6.45) is 2.95. The lowest BCUT2D eigenvalue weighted by Crippen LogP contribution is -2.27. The van der Waals surface area contributed by atoms with E-state index in [1.54, 1.807) is 11.3 Å². The minimum absolute atomic E-state index is 0.459. The molecule has 1 aromatic heterocycles. The molecule has 76 valence electrons. The quantitative estimate of drug-likeness (QED) is 0.778. The van der Waals surface area contributed by atoms with Crippen LogP contribution in [-0.4, -0.2) is 25.5 Å². The molecule has 2 heterocycles. The third-order valence-corrected chi connectivity index (χ3v) is 3.24. The van der Waals surface area contributed by atoms with Gasteiger partial charge in [0.15, 0.2) is 6.29 Å². The van der Waals surface area contributed by atoms with Crippen LogP contribution in [0.3, 0.4) is 0 Å². The van der Waals surface area contributed by atoms with Crippen molar-refractivity contribution >= 4 is 22.6 Å². The predicted molar refractivity (Wildman–Crippen MR) is 57.2 cm³/mol. The molecule has 1 aliphatic heterocycles. The van der Waals surface area contributed by atoms with Crippen LogP contribution in [0.4, 0.5) is 5.00 Å². The number of hydrogen-bond donors (Lipinski definition) is 1. The van der Waals surface area contributed by atoms with Crippen LogP contribution in [0.2, 0.25) is 0 Å². The summed E-state index contributed by atoms with van der Waals surface area (Å²) in [5.74, 6) is 0. The van der Waals surface area contributed by atoms with Gasteiger partial charge in [0, 0.05) is 24.8 Å². The summed E-state index contributed by atoms with van der Waals surface area (Å²) in [6.45, 7) is 1.64. The zero-order valence-corrected chi connectivity index (χ0v) is 8.68. The van der Waals surface area contributed by atoms with Gasteiger partial charge in [0.25, 0.3) is 0 Å². The smallest absolute Gasteiger partial charge is 0.153 e. The third kappa shape index (κ3) is 2.13. The van der Waals surface area contributed by atoms with E-state index in [0.29, 0.717) is 6.04 Å². The van der Waals surface area contributed by atoms with Gasteiger partial charge in [0.2, 0.25) is 0 Å². The average molecular weight is 211 g/mol. The fourth-order valence-corrected chi connectivity index (χ4v) is 2.39. The first-order chi connectivity index (χ1) is 6.90. The molecule has 0 saturated carbocycles. The monoisotopic (exact) mass is 211 g/mol. The molecule has 0 unspecified atom stereocenters. The van der Waals surface area contributed by atoms with Crippen LogP contribution in [0.15, 0.2) is 11.4 Å². The molecule has 0 radical (unpaired) electrons. The summed E-state index contributed by atoms with van der Waals surface area (Å²) in [4.78, 5) is 10.7. The van der Waals surface area contributed by atoms with Crippen LogP contribution < -0.4 is 5.32 Å². The maximum atomic E-state index is 10.7. The minimum Gasteiger partial charge on any atom is -0.381 e. The van der Waals surface area contributed by atoms with Gasteiger partial charge in [-0.1, -0.05) is 0 Å². The molecular weight excluding hydrogens is 198 g/mol. The SMILES string of the molecule is O=Cc1ccsc1NC1CCOCC1. The number of ether oxygens (including phenoxy) is 1. The number of thiophene rings is 1. The van der Waals surface area contributed by atoms with Crippen LogP contribution in [0, 0.1) is 0 Å². The molecule has 0 bridgehead atoms. The molecule has 0 aromatic carbocycles. The molecule has 1 aliphatic rings. The Morgan fingerprint density at radius 3 is 3.00 bits per heavy atom. The normalized spacial score (nSPS) is 18.0. The van der Waals surface area contributed by atoms with Crippen molar-refractivity contribution < 1.29 is 9.53 Å². The second kappa shape index (κ2) is 4.57. The zero-order valence-electron chi connectivity index (χ0n) is 7.86. The number of nitrogens with one attached hydrogen (secondary N) is 1. The lowest BCUT2D eigenvalue weighted by atomic mass is 10.1. The van der Waals surface area contributed by atoms with Crippen molar-refractivity contribution in [2.75, 3.05) is 18.5 Å². The molecule has 1 saturated heterocycles. The van der Waals surface area contributed by atoms with E-state index in [1.165, 1.54) is 0 Å². The Balaban J connectivity index is 1.98. The Bertz CT molecular complexity index is 305. The summed E-state index contributed by atoms with van der Waals surface area (Å²) < 4.78 is 5.27. The standard InChI is InChI=1S/C10H13NO2S/c12-7-8-3-6-14-10(8)11-9-1-4-13-5-2-9/h3,6-7,9,11H,1-2,4-5H2. The first kappa shape index (κ1) is 9.68. The lowest BCUT2D eigenvalue weighted by Gasteiger charge is -2.23. The van der Waals surface area contributed by atoms with Crippen LogP contribution in [-0.2, 0) is 4.74 Å². The maximum absolute atomic E-state index is 10.7. The molecule has 0 amide bonds. The molecule has 2 rings (SSSR count). The van der Waals surface area contributed by atoms with Gasteiger partial charge < -0.3 is 10.1 Å². The predicted octanol–water partition coefficient (Wildman–Crippen LogP) is 2.15. The van der Waals surface area contributed by atoms with Gasteiger partial charge in [-0.2, -0.15) is 0 Å². The number of hydrogen-bond acceptors (Lipinski definition) is 4. The second-order valence-electron chi connectivity index (χ2n) is 3.35. The van der Waals surface area contributed by atoms with Gasteiger partial charge in [-0.05, 0) is 24.3 Å². The Hall–Kier alpha value is -0.870. The first-order valence-electron chi connectivity index (χ1n) is 4.77. The van der Waals surface area contributed by atoms with E-state index in [0.717, 1.165) is 42.9 Å². The molecule has 0 aliphatic carbocycles. The van der Waals surface area contributed by atoms with Crippen LogP contribution in [0.25, 0.3) is 0 Å². The molecule has 1 aromatic rings. The van der Waals surface area contributed by atoms with Gasteiger partial charge >= 0.3 is 0 Å². The van der Waals surface area contributed by atoms with Gasteiger partial charge in [-0.3, -0.25) is 4.79 Å². The van der Waals surface area contributed by atoms with Crippen molar-refractivity contribution in [1.82, 2.24) is 0 Å². The van der Waals surface area contributed by atoms with Crippen LogP contribution >= 0.6 is 11.3 Å². The van der Waals surface area contributed by atoms with Crippen LogP contribution in [0.1, 0.15) is 23.2 Å². The van der Waals surface area contributed by atoms with Crippen molar-refractivity contribution in [2.24, 2.45) is 0 Å². The number of carbonyl (C=O) groups excluding carboxylic acids is 1. The van der Waals surface area contributed by atoms with E-state index < -0.39 is 0 Å². The lowest BCUT2D eigenvalue weighted by molar-refractivity contribution is 0.0905. The maximum Gasteiger partial charge on any atom is 0.153 e. The number of carbonyl (C=O) groups is 1. The van der Waals surface area contributed by atoms with Gasteiger partial charge in [0.05, 0.1) is 5.00 Å². The molecule has 1 N–H and O–H groups in total. The number of rotatable bonds is 3. The highest BCUT2D eigenvalue weighted by Crippen LogP contribution is 2.24. The van der Waals surface area contributed by atoms with E-state index in [-0.39, 0.29) is 0 Å². The third-order valence-electron chi connectivity index (χ3n) is 2.38. The Kier molecular flexibility index (Phi) is 3.16. The van der Waals surface area contributed by atoms with E-state index in [9.17, 15) is 4.79 Å². The highest BCUT2D eigenvalue weighted by Gasteiger charge is 2.15. The van der Waals surface area contributed by atoms with E-state index in [4.69, 9.17) is 4.74 Å². The summed E-state index contributed by atoms with van der Waals surface area (Å²) in [5.41, 5.74) is 0.765. The Labute approximate surface area is 87.1 Å². The van der Waals surface area contributed by atoms with Gasteiger partial charge in [-0.25, -0.2) is 0 Å². The summed E-state index contributed by atoms with van der Waals surface area (Å²) in [5, 5.41) is 6.32. The molecule has 0 spiro atoms. The topological polar surface area (TPSA) is 38.3 Å². The van der Waals surface area contributed by atoms with Crippen molar-refractivity contribution in [2.45, 2.75) is 18.9 Å². The molecular formula is C10H13NO2S. The van der Waals surface area contributed by atoms with Gasteiger partial charge in [-0.15, -0.1) is 11.3 Å². The highest BCUT2D eigenvalue weighted by atomic mass is 32.1. The van der Waals surface area contributed by atoms with Crippen LogP contribution in [0.5, 0.6) is 0 Å². The Morgan fingerprint density at radius 2 is 2.29 bits per heavy atom. The fourth-order valence-electron chi connectivity index (χ4n) is 1.56. The minimum atomic E-state index is 0.459. The molecule has 4 heteroatoms. The fraction of sp³-hybridized carbons (Fsp3) is 0.500. The zero-order chi connectivity index (χ0) is 9.80. The van der Waals surface area contributed by atoms with Gasteiger partial charge in [0.1, 0.15) is 0 Å². The van der Waals surface area contributed by atoms with E-state index in [1.807, 2.05) is 11.4 Å². The van der Waals surface area contributed by atoms with E-state index in [2.05, 4.69) is 5.32 Å². The summed E-state index contributed by atoms with van der Waals surface area (Å²) in [6, 6.07) is 2.31.